The summed E-state index contributed by atoms with van der Waals surface area (Å²) < 4.78 is 4.92. The highest BCUT2D eigenvalue weighted by molar-refractivity contribution is 5.83. The van der Waals surface area contributed by atoms with E-state index in [4.69, 9.17) is 10.00 Å². The van der Waals surface area contributed by atoms with Crippen LogP contribution in [-0.4, -0.2) is 12.6 Å². The van der Waals surface area contributed by atoms with Gasteiger partial charge in [-0.3, -0.25) is 0 Å². The monoisotopic (exact) mass is 223 g/mol. The van der Waals surface area contributed by atoms with Gasteiger partial charge in [0.2, 0.25) is 0 Å². The largest absolute Gasteiger partial charge is 0.465 e. The van der Waals surface area contributed by atoms with Crippen molar-refractivity contribution in [2.75, 3.05) is 6.61 Å². The summed E-state index contributed by atoms with van der Waals surface area (Å²) in [4.78, 5) is 11.7. The first-order valence-corrected chi connectivity index (χ1v) is 5.78. The zero-order valence-corrected chi connectivity index (χ0v) is 10.7. The maximum atomic E-state index is 11.7. The lowest BCUT2D eigenvalue weighted by Crippen LogP contribution is -2.29. The van der Waals surface area contributed by atoms with E-state index < -0.39 is 11.4 Å². The molecule has 16 heavy (non-hydrogen) atoms. The molecule has 0 radical (unpaired) electrons. The quantitative estimate of drug-likeness (QED) is 0.394. The molecule has 0 fully saturated rings. The fraction of sp³-hybridized carbons (Fsp3) is 0.692. The summed E-state index contributed by atoms with van der Waals surface area (Å²) in [6.45, 7) is 7.58. The highest BCUT2D eigenvalue weighted by Crippen LogP contribution is 2.28. The minimum absolute atomic E-state index is 0.304. The second-order valence-corrected chi connectivity index (χ2v) is 3.99. The van der Waals surface area contributed by atoms with E-state index in [0.29, 0.717) is 6.61 Å². The van der Waals surface area contributed by atoms with Crippen LogP contribution >= 0.6 is 0 Å². The number of carbonyl (C=O) groups is 1. The van der Waals surface area contributed by atoms with Crippen LogP contribution in [-0.2, 0) is 9.53 Å². The van der Waals surface area contributed by atoms with Gasteiger partial charge in [0.15, 0.2) is 5.41 Å². The average molecular weight is 223 g/mol. The summed E-state index contributed by atoms with van der Waals surface area (Å²) >= 11 is 0. The zero-order valence-electron chi connectivity index (χ0n) is 10.7. The van der Waals surface area contributed by atoms with Gasteiger partial charge in [-0.05, 0) is 32.8 Å². The number of ether oxygens (including phenoxy) is 1. The van der Waals surface area contributed by atoms with Gasteiger partial charge in [-0.2, -0.15) is 5.26 Å². The summed E-state index contributed by atoms with van der Waals surface area (Å²) in [7, 11) is 0. The number of unbranched alkanes of at least 4 members (excludes halogenated alkanes) is 2. The second-order valence-electron chi connectivity index (χ2n) is 3.99. The molecule has 0 aromatic rings. The average Bonchev–Trinajstić information content (AvgIpc) is 2.28. The van der Waals surface area contributed by atoms with Crippen molar-refractivity contribution in [3.8, 4) is 6.07 Å². The molecule has 0 aromatic heterocycles. The number of allylic oxidation sites excluding steroid dienone is 1. The highest BCUT2D eigenvalue weighted by Gasteiger charge is 2.36. The maximum Gasteiger partial charge on any atom is 0.330 e. The van der Waals surface area contributed by atoms with E-state index in [2.05, 4.69) is 6.92 Å². The Morgan fingerprint density at radius 3 is 2.56 bits per heavy atom. The molecule has 0 aliphatic heterocycles. The molecule has 1 atom stereocenters. The summed E-state index contributed by atoms with van der Waals surface area (Å²) in [5, 5.41) is 9.12. The van der Waals surface area contributed by atoms with Crippen LogP contribution in [0.3, 0.4) is 0 Å². The van der Waals surface area contributed by atoms with Crippen molar-refractivity contribution in [1.29, 1.82) is 5.26 Å². The van der Waals surface area contributed by atoms with Gasteiger partial charge >= 0.3 is 5.97 Å². The fourth-order valence-corrected chi connectivity index (χ4v) is 1.30. The molecule has 3 nitrogen and oxygen atoms in total. The molecule has 0 unspecified atom stereocenters. The molecule has 0 heterocycles. The molecule has 0 saturated carbocycles. The van der Waals surface area contributed by atoms with E-state index >= 15 is 0 Å². The summed E-state index contributed by atoms with van der Waals surface area (Å²) in [6, 6.07) is 2.05. The molecule has 0 amide bonds. The Hall–Kier alpha value is -1.30. The van der Waals surface area contributed by atoms with Gasteiger partial charge in [0.05, 0.1) is 12.7 Å². The normalized spacial score (nSPS) is 15.1. The van der Waals surface area contributed by atoms with Crippen LogP contribution in [0.5, 0.6) is 0 Å². The summed E-state index contributed by atoms with van der Waals surface area (Å²) in [6.07, 6.45) is 5.04. The van der Waals surface area contributed by atoms with Crippen molar-refractivity contribution in [3.05, 3.63) is 11.6 Å². The Balaban J connectivity index is 4.75. The Morgan fingerprint density at radius 2 is 2.12 bits per heavy atom. The fourth-order valence-electron chi connectivity index (χ4n) is 1.30. The Kier molecular flexibility index (Phi) is 6.48. The second kappa shape index (κ2) is 7.05. The lowest BCUT2D eigenvalue weighted by atomic mass is 9.84. The van der Waals surface area contributed by atoms with E-state index in [-0.39, 0.29) is 0 Å². The van der Waals surface area contributed by atoms with Gasteiger partial charge in [-0.15, -0.1) is 0 Å². The molecule has 0 saturated heterocycles. The first kappa shape index (κ1) is 14.7. The van der Waals surface area contributed by atoms with Crippen LogP contribution in [0, 0.1) is 16.7 Å². The number of carbonyl (C=O) groups excluding carboxylic acids is 1. The molecule has 3 heteroatoms. The molecular weight excluding hydrogens is 202 g/mol. The van der Waals surface area contributed by atoms with Gasteiger partial charge in [0.25, 0.3) is 0 Å². The van der Waals surface area contributed by atoms with E-state index in [1.165, 1.54) is 0 Å². The van der Waals surface area contributed by atoms with Crippen molar-refractivity contribution in [2.24, 2.45) is 5.41 Å². The Bertz CT molecular complexity index is 302. The molecule has 90 valence electrons. The van der Waals surface area contributed by atoms with Gasteiger partial charge in [-0.25, -0.2) is 4.79 Å². The molecule has 0 aliphatic rings. The highest BCUT2D eigenvalue weighted by atomic mass is 16.5. The third-order valence-electron chi connectivity index (χ3n) is 2.70. The van der Waals surface area contributed by atoms with Crippen LogP contribution in [0.2, 0.25) is 0 Å². The first-order valence-electron chi connectivity index (χ1n) is 5.78. The molecule has 0 bridgehead atoms. The number of nitriles is 1. The third kappa shape index (κ3) is 3.69. The lowest BCUT2D eigenvalue weighted by molar-refractivity contribution is -0.149. The van der Waals surface area contributed by atoms with Gasteiger partial charge in [0.1, 0.15) is 0 Å². The van der Waals surface area contributed by atoms with Crippen LogP contribution in [0.15, 0.2) is 11.6 Å². The van der Waals surface area contributed by atoms with E-state index in [0.717, 1.165) is 24.8 Å². The summed E-state index contributed by atoms with van der Waals surface area (Å²) in [5.74, 6) is -0.456. The predicted molar refractivity (Wildman–Crippen MR) is 63.6 cm³/mol. The number of hydrogen-bond acceptors (Lipinski definition) is 3. The molecule has 0 rings (SSSR count). The number of esters is 1. The molecule has 0 N–H and O–H groups in total. The molecule has 0 aromatic carbocycles. The van der Waals surface area contributed by atoms with E-state index in [9.17, 15) is 4.79 Å². The molecule has 0 aliphatic carbocycles. The summed E-state index contributed by atoms with van der Waals surface area (Å²) in [5.41, 5.74) is -0.356. The lowest BCUT2D eigenvalue weighted by Gasteiger charge is -2.20. The Labute approximate surface area is 98.1 Å². The van der Waals surface area contributed by atoms with E-state index in [1.807, 2.05) is 19.1 Å². The maximum absolute atomic E-state index is 11.7. The van der Waals surface area contributed by atoms with Crippen molar-refractivity contribution in [3.63, 3.8) is 0 Å². The van der Waals surface area contributed by atoms with Crippen LogP contribution < -0.4 is 0 Å². The van der Waals surface area contributed by atoms with Gasteiger partial charge in [-0.1, -0.05) is 25.8 Å². The molecular formula is C13H21NO2. The minimum Gasteiger partial charge on any atom is -0.465 e. The van der Waals surface area contributed by atoms with Crippen LogP contribution in [0.1, 0.15) is 47.0 Å². The van der Waals surface area contributed by atoms with Crippen molar-refractivity contribution in [1.82, 2.24) is 0 Å². The van der Waals surface area contributed by atoms with Crippen molar-refractivity contribution in [2.45, 2.75) is 47.0 Å². The number of rotatable bonds is 6. The Morgan fingerprint density at radius 1 is 1.50 bits per heavy atom. The first-order chi connectivity index (χ1) is 7.52. The SMILES string of the molecule is CCCC/C=C(\C)[C@@](C)(C#N)C(=O)OCC. The number of hydrogen-bond donors (Lipinski definition) is 0. The van der Waals surface area contributed by atoms with Gasteiger partial charge < -0.3 is 4.74 Å². The molecule has 0 spiro atoms. The number of nitrogens with zero attached hydrogens (tertiary/aromatic N) is 1. The van der Waals surface area contributed by atoms with Crippen molar-refractivity contribution < 1.29 is 9.53 Å². The van der Waals surface area contributed by atoms with Gasteiger partial charge in [0, 0.05) is 0 Å². The van der Waals surface area contributed by atoms with Crippen LogP contribution in [0.25, 0.3) is 0 Å². The topological polar surface area (TPSA) is 50.1 Å². The standard InChI is InChI=1S/C13H21NO2/c1-5-7-8-9-11(3)13(4,10-14)12(15)16-6-2/h9H,5-8H2,1-4H3/b11-9+/t13-/m1/s1. The third-order valence-corrected chi connectivity index (χ3v) is 2.70. The minimum atomic E-state index is -1.14. The smallest absolute Gasteiger partial charge is 0.330 e. The van der Waals surface area contributed by atoms with Crippen molar-refractivity contribution >= 4 is 5.97 Å². The predicted octanol–water partition coefficient (Wildman–Crippen LogP) is 3.22. The van der Waals surface area contributed by atoms with E-state index in [1.54, 1.807) is 13.8 Å². The van der Waals surface area contributed by atoms with Crippen LogP contribution in [0.4, 0.5) is 0 Å². The zero-order chi connectivity index (χ0) is 12.6.